The van der Waals surface area contributed by atoms with Crippen LogP contribution in [0.5, 0.6) is 5.75 Å². The second-order valence-corrected chi connectivity index (χ2v) is 4.21. The van der Waals surface area contributed by atoms with Crippen molar-refractivity contribution in [1.82, 2.24) is 9.78 Å². The maximum atomic E-state index is 11.0. The van der Waals surface area contributed by atoms with Crippen LogP contribution in [0.3, 0.4) is 0 Å². The fourth-order valence-electron chi connectivity index (χ4n) is 1.96. The van der Waals surface area contributed by atoms with Crippen molar-refractivity contribution < 1.29 is 14.6 Å². The lowest BCUT2D eigenvalue weighted by molar-refractivity contribution is 0.0697. The number of carboxylic acid groups (broad SMARTS) is 1. The van der Waals surface area contributed by atoms with Gasteiger partial charge in [0, 0.05) is 12.7 Å². The van der Waals surface area contributed by atoms with E-state index >= 15 is 0 Å². The summed E-state index contributed by atoms with van der Waals surface area (Å²) in [5.74, 6) is -0.355. The molecule has 2 rings (SSSR count). The average molecular weight is 275 g/mol. The van der Waals surface area contributed by atoms with Crippen molar-refractivity contribution in [3.8, 4) is 5.75 Å². The number of hydrogen-bond donors (Lipinski definition) is 2. The molecule has 0 unspecified atom stereocenters. The molecule has 106 valence electrons. The number of anilines is 1. The first-order valence-electron chi connectivity index (χ1n) is 6.31. The van der Waals surface area contributed by atoms with Crippen LogP contribution < -0.4 is 10.1 Å². The molecule has 0 aliphatic carbocycles. The molecule has 0 atom stereocenters. The average Bonchev–Trinajstić information content (AvgIpc) is 2.92. The molecule has 0 fully saturated rings. The minimum Gasteiger partial charge on any atom is -0.495 e. The number of methoxy groups -OCH3 is 1. The van der Waals surface area contributed by atoms with E-state index in [1.54, 1.807) is 25.4 Å². The third-order valence-electron chi connectivity index (χ3n) is 3.01. The van der Waals surface area contributed by atoms with Crippen molar-refractivity contribution in [3.63, 3.8) is 0 Å². The van der Waals surface area contributed by atoms with Crippen LogP contribution in [0.2, 0.25) is 0 Å². The zero-order valence-electron chi connectivity index (χ0n) is 11.5. The molecule has 0 amide bonds. The molecule has 6 heteroatoms. The second kappa shape index (κ2) is 6.10. The number of aryl methyl sites for hydroxylation is 1. The maximum Gasteiger partial charge on any atom is 0.335 e. The number of aromatic nitrogens is 2. The summed E-state index contributed by atoms with van der Waals surface area (Å²) in [4.78, 5) is 11.0. The third-order valence-corrected chi connectivity index (χ3v) is 3.01. The molecule has 6 nitrogen and oxygen atoms in total. The minimum atomic E-state index is -0.964. The predicted molar refractivity (Wildman–Crippen MR) is 75.2 cm³/mol. The lowest BCUT2D eigenvalue weighted by Crippen LogP contribution is -2.09. The van der Waals surface area contributed by atoms with E-state index in [4.69, 9.17) is 9.84 Å². The number of benzene rings is 1. The SMILES string of the molecule is CCn1nccc1CNc1cc(C(=O)O)ccc1OC. The van der Waals surface area contributed by atoms with Gasteiger partial charge in [0.25, 0.3) is 0 Å². The largest absolute Gasteiger partial charge is 0.495 e. The number of aromatic carboxylic acids is 1. The highest BCUT2D eigenvalue weighted by Gasteiger charge is 2.09. The summed E-state index contributed by atoms with van der Waals surface area (Å²) >= 11 is 0. The molecule has 2 aromatic rings. The molecule has 0 radical (unpaired) electrons. The van der Waals surface area contributed by atoms with Gasteiger partial charge in [-0.25, -0.2) is 4.79 Å². The van der Waals surface area contributed by atoms with Gasteiger partial charge in [0.1, 0.15) is 5.75 Å². The molecule has 0 aliphatic rings. The molecular formula is C14H17N3O3. The van der Waals surface area contributed by atoms with Gasteiger partial charge in [-0.2, -0.15) is 5.10 Å². The maximum absolute atomic E-state index is 11.0. The Labute approximate surface area is 117 Å². The number of nitrogens with one attached hydrogen (secondary N) is 1. The van der Waals surface area contributed by atoms with Gasteiger partial charge in [-0.05, 0) is 31.2 Å². The van der Waals surface area contributed by atoms with Gasteiger partial charge in [-0.3, -0.25) is 4.68 Å². The quantitative estimate of drug-likeness (QED) is 0.845. The van der Waals surface area contributed by atoms with Crippen LogP contribution in [0.4, 0.5) is 5.69 Å². The Morgan fingerprint density at radius 1 is 1.45 bits per heavy atom. The highest BCUT2D eigenvalue weighted by atomic mass is 16.5. The molecule has 0 aliphatic heterocycles. The van der Waals surface area contributed by atoms with Crippen molar-refractivity contribution in [2.45, 2.75) is 20.0 Å². The summed E-state index contributed by atoms with van der Waals surface area (Å²) in [7, 11) is 1.55. The summed E-state index contributed by atoms with van der Waals surface area (Å²) in [6.45, 7) is 3.35. The fourth-order valence-corrected chi connectivity index (χ4v) is 1.96. The van der Waals surface area contributed by atoms with Crippen LogP contribution in [-0.2, 0) is 13.1 Å². The molecule has 0 saturated heterocycles. The van der Waals surface area contributed by atoms with E-state index in [1.807, 2.05) is 17.7 Å². The van der Waals surface area contributed by atoms with Gasteiger partial charge in [0.15, 0.2) is 0 Å². The lowest BCUT2D eigenvalue weighted by atomic mass is 10.2. The van der Waals surface area contributed by atoms with E-state index in [0.717, 1.165) is 12.2 Å². The van der Waals surface area contributed by atoms with Gasteiger partial charge in [-0.15, -0.1) is 0 Å². The summed E-state index contributed by atoms with van der Waals surface area (Å²) in [5, 5.41) is 16.4. The molecule has 1 heterocycles. The summed E-state index contributed by atoms with van der Waals surface area (Å²) < 4.78 is 7.10. The highest BCUT2D eigenvalue weighted by Crippen LogP contribution is 2.26. The Bertz CT molecular complexity index is 607. The predicted octanol–water partition coefficient (Wildman–Crippen LogP) is 2.22. The van der Waals surface area contributed by atoms with Crippen LogP contribution in [0.25, 0.3) is 0 Å². The van der Waals surface area contributed by atoms with E-state index < -0.39 is 5.97 Å². The van der Waals surface area contributed by atoms with Crippen LogP contribution in [0.15, 0.2) is 30.5 Å². The van der Waals surface area contributed by atoms with E-state index in [9.17, 15) is 4.79 Å². The summed E-state index contributed by atoms with van der Waals surface area (Å²) in [5.41, 5.74) is 1.89. The van der Waals surface area contributed by atoms with Crippen molar-refractivity contribution >= 4 is 11.7 Å². The fraction of sp³-hybridized carbons (Fsp3) is 0.286. The lowest BCUT2D eigenvalue weighted by Gasteiger charge is -2.12. The van der Waals surface area contributed by atoms with Gasteiger partial charge in [-0.1, -0.05) is 0 Å². The molecular weight excluding hydrogens is 258 g/mol. The zero-order valence-corrected chi connectivity index (χ0v) is 11.5. The molecule has 1 aromatic heterocycles. The Morgan fingerprint density at radius 2 is 2.25 bits per heavy atom. The van der Waals surface area contributed by atoms with Gasteiger partial charge in [0.05, 0.1) is 30.6 Å². The number of nitrogens with zero attached hydrogens (tertiary/aromatic N) is 2. The van der Waals surface area contributed by atoms with Gasteiger partial charge in [0.2, 0.25) is 0 Å². The van der Waals surface area contributed by atoms with Gasteiger partial charge < -0.3 is 15.2 Å². The second-order valence-electron chi connectivity index (χ2n) is 4.21. The van der Waals surface area contributed by atoms with Crippen molar-refractivity contribution in [1.29, 1.82) is 0 Å². The van der Waals surface area contributed by atoms with Crippen LogP contribution >= 0.6 is 0 Å². The first kappa shape index (κ1) is 13.9. The molecule has 0 saturated carbocycles. The Morgan fingerprint density at radius 3 is 2.90 bits per heavy atom. The smallest absolute Gasteiger partial charge is 0.335 e. The van der Waals surface area contributed by atoms with Crippen LogP contribution in [0.1, 0.15) is 23.0 Å². The Kier molecular flexibility index (Phi) is 4.24. The number of hydrogen-bond acceptors (Lipinski definition) is 4. The summed E-state index contributed by atoms with van der Waals surface area (Å²) in [6, 6.07) is 6.64. The first-order chi connectivity index (χ1) is 9.65. The molecule has 1 aromatic carbocycles. The third kappa shape index (κ3) is 2.90. The van der Waals surface area contributed by atoms with Crippen molar-refractivity contribution in [2.75, 3.05) is 12.4 Å². The highest BCUT2D eigenvalue weighted by molar-refractivity contribution is 5.89. The monoisotopic (exact) mass is 275 g/mol. The zero-order chi connectivity index (χ0) is 14.5. The van der Waals surface area contributed by atoms with E-state index in [-0.39, 0.29) is 5.56 Å². The number of carboxylic acids is 1. The normalized spacial score (nSPS) is 10.3. The van der Waals surface area contributed by atoms with Crippen LogP contribution in [0, 0.1) is 0 Å². The van der Waals surface area contributed by atoms with E-state index in [2.05, 4.69) is 10.4 Å². The molecule has 0 spiro atoms. The minimum absolute atomic E-state index is 0.220. The topological polar surface area (TPSA) is 76.4 Å². The van der Waals surface area contributed by atoms with Crippen LogP contribution in [-0.4, -0.2) is 28.0 Å². The van der Waals surface area contributed by atoms with E-state index in [0.29, 0.717) is 18.0 Å². The van der Waals surface area contributed by atoms with E-state index in [1.165, 1.54) is 6.07 Å². The Hall–Kier alpha value is -2.50. The first-order valence-corrected chi connectivity index (χ1v) is 6.31. The number of rotatable bonds is 6. The molecule has 20 heavy (non-hydrogen) atoms. The molecule has 2 N–H and O–H groups in total. The number of ether oxygens (including phenoxy) is 1. The van der Waals surface area contributed by atoms with Crippen molar-refractivity contribution in [2.24, 2.45) is 0 Å². The van der Waals surface area contributed by atoms with Gasteiger partial charge >= 0.3 is 5.97 Å². The molecule has 0 bridgehead atoms. The standard InChI is InChI=1S/C14H17N3O3/c1-3-17-11(6-7-16-17)9-15-12-8-10(14(18)19)4-5-13(12)20-2/h4-8,15H,3,9H2,1-2H3,(H,18,19). The van der Waals surface area contributed by atoms with Crippen molar-refractivity contribution in [3.05, 3.63) is 41.7 Å². The summed E-state index contributed by atoms with van der Waals surface area (Å²) in [6.07, 6.45) is 1.74. The number of carbonyl (C=O) groups is 1. The Balaban J connectivity index is 2.19.